The lowest BCUT2D eigenvalue weighted by Gasteiger charge is -2.15. The van der Waals surface area contributed by atoms with Gasteiger partial charge < -0.3 is 14.6 Å². The number of esters is 1. The molecule has 3 atom stereocenters. The van der Waals surface area contributed by atoms with Crippen molar-refractivity contribution >= 4 is 5.97 Å². The van der Waals surface area contributed by atoms with E-state index in [0.717, 1.165) is 10.8 Å². The Morgan fingerprint density at radius 3 is 2.95 bits per heavy atom. The van der Waals surface area contributed by atoms with Crippen LogP contribution < -0.4 is 11.2 Å². The van der Waals surface area contributed by atoms with E-state index in [1.807, 2.05) is 4.98 Å². The first-order valence-electron chi connectivity index (χ1n) is 6.33. The normalized spacial score (nSPS) is 25.0. The average molecular weight is 302 g/mol. The van der Waals surface area contributed by atoms with Crippen molar-refractivity contribution in [3.63, 3.8) is 0 Å². The molecule has 1 aliphatic heterocycles. The highest BCUT2D eigenvalue weighted by Crippen LogP contribution is 2.32. The van der Waals surface area contributed by atoms with E-state index in [2.05, 4.69) is 0 Å². The maximum Gasteiger partial charge on any atom is 0.330 e. The van der Waals surface area contributed by atoms with Gasteiger partial charge in [0.25, 0.3) is 5.56 Å². The van der Waals surface area contributed by atoms with E-state index in [1.54, 1.807) is 0 Å². The van der Waals surface area contributed by atoms with Crippen LogP contribution in [0, 0.1) is 11.7 Å². The predicted octanol–water partition coefficient (Wildman–Crippen LogP) is -0.865. The van der Waals surface area contributed by atoms with Gasteiger partial charge in [-0.2, -0.15) is 4.39 Å². The van der Waals surface area contributed by atoms with Crippen LogP contribution in [-0.2, 0) is 14.3 Å². The number of hydrogen-bond donors (Lipinski definition) is 2. The molecule has 0 bridgehead atoms. The van der Waals surface area contributed by atoms with Crippen LogP contribution in [0.5, 0.6) is 0 Å². The minimum absolute atomic E-state index is 0.0254. The molecular formula is C12H15FN2O6. The Balaban J connectivity index is 2.19. The second-order valence-corrected chi connectivity index (χ2v) is 4.75. The highest BCUT2D eigenvalue weighted by atomic mass is 19.1. The number of H-pyrrole nitrogens is 1. The molecule has 0 radical (unpaired) electrons. The fourth-order valence-corrected chi connectivity index (χ4v) is 2.22. The number of aromatic nitrogens is 2. The summed E-state index contributed by atoms with van der Waals surface area (Å²) in [5, 5.41) is 9.25. The molecule has 2 N–H and O–H groups in total. The molecule has 2 heterocycles. The van der Waals surface area contributed by atoms with Gasteiger partial charge in [0, 0.05) is 19.3 Å². The van der Waals surface area contributed by atoms with Gasteiger partial charge in [-0.05, 0) is 0 Å². The van der Waals surface area contributed by atoms with Crippen LogP contribution in [0.2, 0.25) is 0 Å². The Morgan fingerprint density at radius 2 is 2.33 bits per heavy atom. The summed E-state index contributed by atoms with van der Waals surface area (Å²) in [4.78, 5) is 35.3. The van der Waals surface area contributed by atoms with Crippen LogP contribution in [0.3, 0.4) is 0 Å². The zero-order valence-electron chi connectivity index (χ0n) is 11.2. The zero-order chi connectivity index (χ0) is 15.6. The Kier molecular flexibility index (Phi) is 4.53. The number of nitrogens with zero attached hydrogens (tertiary/aromatic N) is 1. The smallest absolute Gasteiger partial charge is 0.330 e. The summed E-state index contributed by atoms with van der Waals surface area (Å²) in [5.41, 5.74) is -1.92. The molecule has 1 aliphatic rings. The van der Waals surface area contributed by atoms with Crippen molar-refractivity contribution in [1.29, 1.82) is 0 Å². The molecule has 1 fully saturated rings. The van der Waals surface area contributed by atoms with Crippen LogP contribution in [0.15, 0.2) is 15.8 Å². The average Bonchev–Trinajstić information content (AvgIpc) is 2.83. The molecule has 116 valence electrons. The van der Waals surface area contributed by atoms with E-state index in [9.17, 15) is 23.9 Å². The van der Waals surface area contributed by atoms with Gasteiger partial charge in [0.15, 0.2) is 0 Å². The summed E-state index contributed by atoms with van der Waals surface area (Å²) in [5.74, 6) is -1.91. The van der Waals surface area contributed by atoms with Crippen molar-refractivity contribution < 1.29 is 23.8 Å². The topological polar surface area (TPSA) is 111 Å². The van der Waals surface area contributed by atoms with Crippen molar-refractivity contribution in [2.75, 3.05) is 13.2 Å². The SMILES string of the molecule is CC(=O)OCC1CC(n2cc(F)c(=O)[nH]c2=O)OC1CO. The summed E-state index contributed by atoms with van der Waals surface area (Å²) < 4.78 is 24.5. The maximum atomic E-state index is 13.3. The standard InChI is InChI=1S/C12H15FN2O6/c1-6(17)20-5-7-2-10(21-9(7)4-16)15-3-8(13)11(18)14-12(15)19/h3,7,9-10,16H,2,4-5H2,1H3,(H,14,18,19). The van der Waals surface area contributed by atoms with Gasteiger partial charge in [0.05, 0.1) is 25.5 Å². The summed E-state index contributed by atoms with van der Waals surface area (Å²) in [6.07, 6.45) is -0.490. The highest BCUT2D eigenvalue weighted by Gasteiger charge is 2.37. The number of halogens is 1. The Bertz CT molecular complexity index is 639. The molecule has 0 aromatic carbocycles. The summed E-state index contributed by atoms with van der Waals surface area (Å²) >= 11 is 0. The van der Waals surface area contributed by atoms with E-state index < -0.39 is 35.4 Å². The molecule has 0 saturated carbocycles. The molecule has 0 aliphatic carbocycles. The number of aromatic amines is 1. The van der Waals surface area contributed by atoms with E-state index in [4.69, 9.17) is 9.47 Å². The molecule has 0 amide bonds. The molecule has 0 spiro atoms. The fraction of sp³-hybridized carbons (Fsp3) is 0.583. The number of hydrogen-bond acceptors (Lipinski definition) is 6. The minimum Gasteiger partial charge on any atom is -0.465 e. The van der Waals surface area contributed by atoms with E-state index in [-0.39, 0.29) is 25.6 Å². The van der Waals surface area contributed by atoms with Gasteiger partial charge in [0.2, 0.25) is 5.82 Å². The van der Waals surface area contributed by atoms with Crippen LogP contribution in [0.4, 0.5) is 4.39 Å². The molecule has 2 rings (SSSR count). The lowest BCUT2D eigenvalue weighted by Crippen LogP contribution is -2.34. The third-order valence-corrected chi connectivity index (χ3v) is 3.28. The lowest BCUT2D eigenvalue weighted by molar-refractivity contribution is -0.143. The monoisotopic (exact) mass is 302 g/mol. The number of rotatable bonds is 4. The Hall–Kier alpha value is -2.00. The van der Waals surface area contributed by atoms with Crippen LogP contribution in [-0.4, -0.2) is 39.9 Å². The second kappa shape index (κ2) is 6.19. The van der Waals surface area contributed by atoms with E-state index >= 15 is 0 Å². The minimum atomic E-state index is -1.11. The quantitative estimate of drug-likeness (QED) is 0.700. The molecule has 21 heavy (non-hydrogen) atoms. The highest BCUT2D eigenvalue weighted by molar-refractivity contribution is 5.65. The molecule has 8 nitrogen and oxygen atoms in total. The zero-order valence-corrected chi connectivity index (χ0v) is 11.2. The van der Waals surface area contributed by atoms with Crippen LogP contribution in [0.25, 0.3) is 0 Å². The van der Waals surface area contributed by atoms with Gasteiger partial charge in [0.1, 0.15) is 6.23 Å². The predicted molar refractivity (Wildman–Crippen MR) is 67.0 cm³/mol. The van der Waals surface area contributed by atoms with Gasteiger partial charge in [-0.15, -0.1) is 0 Å². The molecule has 1 aromatic rings. The molecular weight excluding hydrogens is 287 g/mol. The van der Waals surface area contributed by atoms with E-state index in [1.165, 1.54) is 6.92 Å². The summed E-state index contributed by atoms with van der Waals surface area (Å²) in [6.45, 7) is 0.948. The molecule has 9 heteroatoms. The lowest BCUT2D eigenvalue weighted by atomic mass is 10.0. The number of aliphatic hydroxyl groups excluding tert-OH is 1. The Morgan fingerprint density at radius 1 is 1.62 bits per heavy atom. The first-order chi connectivity index (χ1) is 9.92. The third kappa shape index (κ3) is 3.37. The Labute approximate surface area is 118 Å². The fourth-order valence-electron chi connectivity index (χ4n) is 2.22. The number of nitrogens with one attached hydrogen (secondary N) is 1. The third-order valence-electron chi connectivity index (χ3n) is 3.28. The van der Waals surface area contributed by atoms with Gasteiger partial charge >= 0.3 is 11.7 Å². The number of carbonyl (C=O) groups is 1. The van der Waals surface area contributed by atoms with Crippen molar-refractivity contribution in [2.24, 2.45) is 5.92 Å². The molecule has 1 saturated heterocycles. The second-order valence-electron chi connectivity index (χ2n) is 4.75. The van der Waals surface area contributed by atoms with Gasteiger partial charge in [-0.25, -0.2) is 4.79 Å². The largest absolute Gasteiger partial charge is 0.465 e. The first-order valence-corrected chi connectivity index (χ1v) is 6.33. The first kappa shape index (κ1) is 15.4. The van der Waals surface area contributed by atoms with E-state index in [0.29, 0.717) is 0 Å². The van der Waals surface area contributed by atoms with Crippen molar-refractivity contribution in [3.05, 3.63) is 32.9 Å². The van der Waals surface area contributed by atoms with Crippen molar-refractivity contribution in [1.82, 2.24) is 9.55 Å². The molecule has 1 aromatic heterocycles. The van der Waals surface area contributed by atoms with Crippen molar-refractivity contribution in [3.8, 4) is 0 Å². The van der Waals surface area contributed by atoms with Crippen LogP contribution in [0.1, 0.15) is 19.6 Å². The number of ether oxygens (including phenoxy) is 2. The van der Waals surface area contributed by atoms with Crippen LogP contribution >= 0.6 is 0 Å². The van der Waals surface area contributed by atoms with Crippen molar-refractivity contribution in [2.45, 2.75) is 25.7 Å². The van der Waals surface area contributed by atoms with Gasteiger partial charge in [-0.3, -0.25) is 19.1 Å². The number of carbonyl (C=O) groups excluding carboxylic acids is 1. The summed E-state index contributed by atoms with van der Waals surface area (Å²) in [7, 11) is 0. The maximum absolute atomic E-state index is 13.3. The molecule has 3 unspecified atom stereocenters. The van der Waals surface area contributed by atoms with Gasteiger partial charge in [-0.1, -0.05) is 0 Å². The number of aliphatic hydroxyl groups is 1. The summed E-state index contributed by atoms with van der Waals surface area (Å²) in [6, 6.07) is 0.